The highest BCUT2D eigenvalue weighted by Gasteiger charge is 2.34. The zero-order chi connectivity index (χ0) is 18.8. The number of aryl methyl sites for hydroxylation is 1. The van der Waals surface area contributed by atoms with Crippen LogP contribution in [-0.2, 0) is 14.6 Å². The number of carbonyl (C=O) groups is 1. The highest BCUT2D eigenvalue weighted by atomic mass is 35.5. The summed E-state index contributed by atoms with van der Waals surface area (Å²) in [5, 5.41) is -0.195. The molecule has 9 heteroatoms. The zero-order valence-electron chi connectivity index (χ0n) is 15.0. The lowest BCUT2D eigenvalue weighted by Crippen LogP contribution is -2.49. The summed E-state index contributed by atoms with van der Waals surface area (Å²) in [6.45, 7) is 7.52. The van der Waals surface area contributed by atoms with Crippen molar-refractivity contribution in [3.05, 3.63) is 16.9 Å². The molecule has 1 aliphatic rings. The summed E-state index contributed by atoms with van der Waals surface area (Å²) in [4.78, 5) is 21.7. The van der Waals surface area contributed by atoms with Crippen molar-refractivity contribution in [3.63, 3.8) is 0 Å². The molecule has 0 aromatic carbocycles. The van der Waals surface area contributed by atoms with Crippen LogP contribution in [0.15, 0.2) is 11.4 Å². The van der Waals surface area contributed by atoms with E-state index in [1.54, 1.807) is 27.7 Å². The van der Waals surface area contributed by atoms with E-state index in [0.29, 0.717) is 18.5 Å². The quantitative estimate of drug-likeness (QED) is 0.583. The van der Waals surface area contributed by atoms with Crippen LogP contribution in [0.25, 0.3) is 0 Å². The lowest BCUT2D eigenvalue weighted by molar-refractivity contribution is 0.0124. The third-order valence-corrected chi connectivity index (χ3v) is 5.79. The standard InChI is InChI=1S/C16H24ClN3O4S/c1-11-9-18-14(19-13(11)17)25(22,23)10-12-7-5-6-8-20(12)15(21)24-16(2,3)4/h9,12H,5-8,10H2,1-4H3/t12-/m0/s1. The van der Waals surface area contributed by atoms with Crippen LogP contribution in [0, 0.1) is 6.92 Å². The second-order valence-electron chi connectivity index (χ2n) is 7.23. The molecule has 0 saturated carbocycles. The Morgan fingerprint density at radius 3 is 2.68 bits per heavy atom. The van der Waals surface area contributed by atoms with Crippen LogP contribution in [0.4, 0.5) is 4.79 Å². The van der Waals surface area contributed by atoms with E-state index in [1.165, 1.54) is 11.1 Å². The molecule has 1 aromatic heterocycles. The van der Waals surface area contributed by atoms with Gasteiger partial charge in [0, 0.05) is 24.3 Å². The molecule has 0 radical (unpaired) electrons. The summed E-state index contributed by atoms with van der Waals surface area (Å²) in [6.07, 6.45) is 3.17. The van der Waals surface area contributed by atoms with Crippen molar-refractivity contribution < 1.29 is 17.9 Å². The molecule has 1 fully saturated rings. The van der Waals surface area contributed by atoms with E-state index >= 15 is 0 Å². The lowest BCUT2D eigenvalue weighted by atomic mass is 10.0. The number of piperidine rings is 1. The number of hydrogen-bond acceptors (Lipinski definition) is 6. The van der Waals surface area contributed by atoms with Crippen molar-refractivity contribution in [1.82, 2.24) is 14.9 Å². The summed E-state index contributed by atoms with van der Waals surface area (Å²) in [5.41, 5.74) is -0.0281. The largest absolute Gasteiger partial charge is 0.444 e. The van der Waals surface area contributed by atoms with Crippen molar-refractivity contribution in [1.29, 1.82) is 0 Å². The van der Waals surface area contributed by atoms with Gasteiger partial charge in [0.15, 0.2) is 0 Å². The molecular formula is C16H24ClN3O4S. The van der Waals surface area contributed by atoms with Crippen molar-refractivity contribution >= 4 is 27.5 Å². The molecule has 1 aromatic rings. The minimum absolute atomic E-state index is 0.112. The topological polar surface area (TPSA) is 89.5 Å². The second kappa shape index (κ2) is 7.45. The van der Waals surface area contributed by atoms with Gasteiger partial charge in [-0.25, -0.2) is 23.2 Å². The highest BCUT2D eigenvalue weighted by molar-refractivity contribution is 7.91. The van der Waals surface area contributed by atoms with Crippen LogP contribution in [0.5, 0.6) is 0 Å². The molecule has 1 atom stereocenters. The van der Waals surface area contributed by atoms with Crippen molar-refractivity contribution in [2.75, 3.05) is 12.3 Å². The van der Waals surface area contributed by atoms with Gasteiger partial charge < -0.3 is 9.64 Å². The fourth-order valence-electron chi connectivity index (χ4n) is 2.62. The summed E-state index contributed by atoms with van der Waals surface area (Å²) >= 11 is 5.91. The van der Waals surface area contributed by atoms with Crippen molar-refractivity contribution in [2.24, 2.45) is 0 Å². The van der Waals surface area contributed by atoms with Gasteiger partial charge in [-0.1, -0.05) is 11.6 Å². The van der Waals surface area contributed by atoms with Gasteiger partial charge in [0.05, 0.1) is 5.75 Å². The fourth-order valence-corrected chi connectivity index (χ4v) is 4.24. The van der Waals surface area contributed by atoms with Crippen LogP contribution < -0.4 is 0 Å². The summed E-state index contributed by atoms with van der Waals surface area (Å²) < 4.78 is 30.7. The molecule has 140 valence electrons. The van der Waals surface area contributed by atoms with Gasteiger partial charge in [-0.2, -0.15) is 0 Å². The third-order valence-electron chi connectivity index (χ3n) is 3.83. The van der Waals surface area contributed by atoms with Gasteiger partial charge >= 0.3 is 6.09 Å². The molecule has 1 saturated heterocycles. The van der Waals surface area contributed by atoms with Crippen molar-refractivity contribution in [2.45, 2.75) is 63.8 Å². The first-order valence-corrected chi connectivity index (χ1v) is 10.2. The number of amides is 1. The fraction of sp³-hybridized carbons (Fsp3) is 0.688. The van der Waals surface area contributed by atoms with Gasteiger partial charge in [0.2, 0.25) is 15.0 Å². The molecule has 0 aliphatic carbocycles. The highest BCUT2D eigenvalue weighted by Crippen LogP contribution is 2.23. The predicted octanol–water partition coefficient (Wildman–Crippen LogP) is 3.00. The normalized spacial score (nSPS) is 18.9. The van der Waals surface area contributed by atoms with E-state index in [1.807, 2.05) is 0 Å². The number of nitrogens with zero attached hydrogens (tertiary/aromatic N) is 3. The first-order chi connectivity index (χ1) is 11.5. The average molecular weight is 390 g/mol. The van der Waals surface area contributed by atoms with E-state index < -0.39 is 27.6 Å². The molecule has 7 nitrogen and oxygen atoms in total. The summed E-state index contributed by atoms with van der Waals surface area (Å²) in [5.74, 6) is -0.244. The van der Waals surface area contributed by atoms with E-state index in [4.69, 9.17) is 16.3 Å². The number of ether oxygens (including phenoxy) is 1. The van der Waals surface area contributed by atoms with E-state index in [-0.39, 0.29) is 16.1 Å². The monoisotopic (exact) mass is 389 g/mol. The van der Waals surface area contributed by atoms with Crippen LogP contribution in [0.3, 0.4) is 0 Å². The molecule has 0 unspecified atom stereocenters. The minimum Gasteiger partial charge on any atom is -0.444 e. The minimum atomic E-state index is -3.77. The summed E-state index contributed by atoms with van der Waals surface area (Å²) in [6, 6.07) is -0.461. The van der Waals surface area contributed by atoms with Gasteiger partial charge in [0.25, 0.3) is 0 Å². The van der Waals surface area contributed by atoms with Crippen LogP contribution in [0.1, 0.15) is 45.6 Å². The number of sulfone groups is 1. The maximum absolute atomic E-state index is 12.7. The molecule has 2 heterocycles. The maximum Gasteiger partial charge on any atom is 0.410 e. The number of rotatable bonds is 3. The van der Waals surface area contributed by atoms with Gasteiger partial charge in [0.1, 0.15) is 10.8 Å². The van der Waals surface area contributed by atoms with Crippen molar-refractivity contribution in [3.8, 4) is 0 Å². The third kappa shape index (κ3) is 5.28. The Hall–Kier alpha value is -1.41. The second-order valence-corrected chi connectivity index (χ2v) is 9.52. The number of hydrogen-bond donors (Lipinski definition) is 0. The van der Waals surface area contributed by atoms with Crippen LogP contribution in [0.2, 0.25) is 5.15 Å². The Balaban J connectivity index is 2.19. The Morgan fingerprint density at radius 1 is 1.40 bits per heavy atom. The molecule has 1 amide bonds. The number of halogens is 1. The maximum atomic E-state index is 12.7. The summed E-state index contributed by atoms with van der Waals surface area (Å²) in [7, 11) is -3.77. The van der Waals surface area contributed by atoms with E-state index in [9.17, 15) is 13.2 Å². The molecule has 25 heavy (non-hydrogen) atoms. The average Bonchev–Trinajstić information content (AvgIpc) is 2.48. The molecule has 2 rings (SSSR count). The Labute approximate surface area is 153 Å². The van der Waals surface area contributed by atoms with Gasteiger partial charge in [-0.3, -0.25) is 0 Å². The Bertz CT molecular complexity index is 746. The number of aromatic nitrogens is 2. The Morgan fingerprint density at radius 2 is 2.08 bits per heavy atom. The van der Waals surface area contributed by atoms with Crippen LogP contribution in [-0.4, -0.2) is 53.3 Å². The van der Waals surface area contributed by atoms with Gasteiger partial charge in [-0.05, 0) is 47.0 Å². The molecule has 0 spiro atoms. The number of carbonyl (C=O) groups excluding carboxylic acids is 1. The van der Waals surface area contributed by atoms with Gasteiger partial charge in [-0.15, -0.1) is 0 Å². The Kier molecular flexibility index (Phi) is 5.93. The molecular weight excluding hydrogens is 366 g/mol. The first-order valence-electron chi connectivity index (χ1n) is 8.21. The number of likely N-dealkylation sites (tertiary alicyclic amines) is 1. The molecule has 0 N–H and O–H groups in total. The molecule has 0 bridgehead atoms. The SMILES string of the molecule is Cc1cnc(S(=O)(=O)C[C@@H]2CCCCN2C(=O)OC(C)(C)C)nc1Cl. The molecule has 1 aliphatic heterocycles. The smallest absolute Gasteiger partial charge is 0.410 e. The predicted molar refractivity (Wildman–Crippen MR) is 94.4 cm³/mol. The van der Waals surface area contributed by atoms with Crippen LogP contribution >= 0.6 is 11.6 Å². The zero-order valence-corrected chi connectivity index (χ0v) is 16.5. The van der Waals surface area contributed by atoms with E-state index in [0.717, 1.165) is 12.8 Å². The lowest BCUT2D eigenvalue weighted by Gasteiger charge is -2.36. The van der Waals surface area contributed by atoms with E-state index in [2.05, 4.69) is 9.97 Å². The first kappa shape index (κ1) is 19.9.